The summed E-state index contributed by atoms with van der Waals surface area (Å²) >= 11 is 0. The van der Waals surface area contributed by atoms with Crippen molar-refractivity contribution in [1.29, 1.82) is 0 Å². The highest BCUT2D eigenvalue weighted by molar-refractivity contribution is 7.92. The van der Waals surface area contributed by atoms with E-state index in [1.54, 1.807) is 24.3 Å². The van der Waals surface area contributed by atoms with Crippen LogP contribution in [-0.4, -0.2) is 20.9 Å². The molecule has 7 nitrogen and oxygen atoms in total. The Labute approximate surface area is 208 Å². The summed E-state index contributed by atoms with van der Waals surface area (Å²) in [5.74, 6) is 0.170. The number of halogens is 1. The van der Waals surface area contributed by atoms with Gasteiger partial charge in [-0.25, -0.2) is 12.8 Å². The first-order valence-electron chi connectivity index (χ1n) is 11.0. The Morgan fingerprint density at radius 2 is 1.31 bits per heavy atom. The molecule has 9 heteroatoms. The molecule has 0 unspecified atom stereocenters. The van der Waals surface area contributed by atoms with Gasteiger partial charge in [0.15, 0.2) is 6.61 Å². The fourth-order valence-electron chi connectivity index (χ4n) is 3.17. The van der Waals surface area contributed by atoms with Gasteiger partial charge in [-0.3, -0.25) is 9.52 Å². The predicted octanol–water partition coefficient (Wildman–Crippen LogP) is 5.22. The normalized spacial score (nSPS) is 10.9. The van der Waals surface area contributed by atoms with Crippen LogP contribution < -0.4 is 19.5 Å². The summed E-state index contributed by atoms with van der Waals surface area (Å²) in [5.41, 5.74) is 1.88. The van der Waals surface area contributed by atoms with Crippen LogP contribution in [0.4, 0.5) is 15.8 Å². The van der Waals surface area contributed by atoms with E-state index in [1.165, 1.54) is 36.4 Å². The molecule has 0 saturated heterocycles. The van der Waals surface area contributed by atoms with Crippen LogP contribution in [0.15, 0.2) is 108 Å². The zero-order valence-electron chi connectivity index (χ0n) is 19.1. The standard InChI is InChI=1S/C27H23FN2O5S/c28-21-6-8-23(9-7-21)30-36(32,33)26-16-14-25(15-17-26)35-19-27(31)29-22-10-12-24(13-11-22)34-18-20-4-2-1-3-5-20/h1-17,30H,18-19H2,(H,29,31). The Morgan fingerprint density at radius 3 is 1.97 bits per heavy atom. The molecule has 1 amide bonds. The van der Waals surface area contributed by atoms with Crippen molar-refractivity contribution >= 4 is 27.3 Å². The molecule has 4 aromatic rings. The lowest BCUT2D eigenvalue weighted by Crippen LogP contribution is -2.20. The molecule has 0 spiro atoms. The van der Waals surface area contributed by atoms with Crippen LogP contribution in [0, 0.1) is 5.82 Å². The highest BCUT2D eigenvalue weighted by Crippen LogP contribution is 2.20. The van der Waals surface area contributed by atoms with E-state index in [4.69, 9.17) is 9.47 Å². The summed E-state index contributed by atoms with van der Waals surface area (Å²) < 4.78 is 51.5. The molecule has 0 fully saturated rings. The van der Waals surface area contributed by atoms with E-state index < -0.39 is 15.8 Å². The maximum Gasteiger partial charge on any atom is 0.262 e. The molecule has 0 bridgehead atoms. The fraction of sp³-hybridized carbons (Fsp3) is 0.0741. The van der Waals surface area contributed by atoms with Crippen molar-refractivity contribution in [2.45, 2.75) is 11.5 Å². The number of hydrogen-bond donors (Lipinski definition) is 2. The van der Waals surface area contributed by atoms with Crippen molar-refractivity contribution in [3.63, 3.8) is 0 Å². The van der Waals surface area contributed by atoms with Gasteiger partial charge in [0.1, 0.15) is 23.9 Å². The Morgan fingerprint density at radius 1 is 0.722 bits per heavy atom. The first-order valence-corrected chi connectivity index (χ1v) is 12.4. The van der Waals surface area contributed by atoms with Crippen molar-refractivity contribution in [3.05, 3.63) is 115 Å². The van der Waals surface area contributed by atoms with E-state index in [2.05, 4.69) is 10.0 Å². The number of carbonyl (C=O) groups excluding carboxylic acids is 1. The highest BCUT2D eigenvalue weighted by atomic mass is 32.2. The molecule has 0 heterocycles. The molecule has 4 aromatic carbocycles. The fourth-order valence-corrected chi connectivity index (χ4v) is 4.23. The van der Waals surface area contributed by atoms with Crippen LogP contribution in [0.3, 0.4) is 0 Å². The average Bonchev–Trinajstić information content (AvgIpc) is 2.89. The summed E-state index contributed by atoms with van der Waals surface area (Å²) in [6.45, 7) is 0.189. The minimum absolute atomic E-state index is 0.00167. The minimum Gasteiger partial charge on any atom is -0.489 e. The van der Waals surface area contributed by atoms with Gasteiger partial charge in [0.25, 0.3) is 15.9 Å². The van der Waals surface area contributed by atoms with Crippen molar-refractivity contribution < 1.29 is 27.1 Å². The Bertz CT molecular complexity index is 1390. The SMILES string of the molecule is O=C(COc1ccc(S(=O)(=O)Nc2ccc(F)cc2)cc1)Nc1ccc(OCc2ccccc2)cc1. The molecule has 184 valence electrons. The maximum absolute atomic E-state index is 13.0. The lowest BCUT2D eigenvalue weighted by Gasteiger charge is -2.11. The van der Waals surface area contributed by atoms with Gasteiger partial charge in [0.2, 0.25) is 0 Å². The molecule has 2 N–H and O–H groups in total. The second-order valence-corrected chi connectivity index (χ2v) is 9.40. The first kappa shape index (κ1) is 24.7. The van der Waals surface area contributed by atoms with E-state index in [9.17, 15) is 17.6 Å². The number of carbonyl (C=O) groups is 1. The summed E-state index contributed by atoms with van der Waals surface area (Å²) in [4.78, 5) is 12.2. The Hall–Kier alpha value is -4.37. The van der Waals surface area contributed by atoms with Crippen molar-refractivity contribution in [3.8, 4) is 11.5 Å². The van der Waals surface area contributed by atoms with Crippen LogP contribution in [0.25, 0.3) is 0 Å². The van der Waals surface area contributed by atoms with Crippen LogP contribution >= 0.6 is 0 Å². The van der Waals surface area contributed by atoms with Gasteiger partial charge in [-0.2, -0.15) is 0 Å². The van der Waals surface area contributed by atoms with E-state index in [0.717, 1.165) is 17.7 Å². The molecule has 0 saturated carbocycles. The third-order valence-corrected chi connectivity index (χ3v) is 6.38. The topological polar surface area (TPSA) is 93.7 Å². The lowest BCUT2D eigenvalue weighted by molar-refractivity contribution is -0.118. The van der Waals surface area contributed by atoms with E-state index in [-0.39, 0.29) is 23.1 Å². The van der Waals surface area contributed by atoms with Crippen LogP contribution in [-0.2, 0) is 21.4 Å². The number of nitrogens with one attached hydrogen (secondary N) is 2. The van der Waals surface area contributed by atoms with Gasteiger partial charge in [-0.1, -0.05) is 30.3 Å². The molecule has 0 atom stereocenters. The van der Waals surface area contributed by atoms with Gasteiger partial charge >= 0.3 is 0 Å². The van der Waals surface area contributed by atoms with Gasteiger partial charge in [-0.15, -0.1) is 0 Å². The molecular weight excluding hydrogens is 483 g/mol. The predicted molar refractivity (Wildman–Crippen MR) is 135 cm³/mol. The number of benzene rings is 4. The third-order valence-electron chi connectivity index (χ3n) is 4.99. The summed E-state index contributed by atoms with van der Waals surface area (Å²) in [6.07, 6.45) is 0. The first-order chi connectivity index (χ1) is 17.4. The number of anilines is 2. The Kier molecular flexibility index (Phi) is 7.82. The molecule has 0 radical (unpaired) electrons. The molecule has 4 rings (SSSR count). The lowest BCUT2D eigenvalue weighted by atomic mass is 10.2. The van der Waals surface area contributed by atoms with E-state index in [0.29, 0.717) is 23.8 Å². The van der Waals surface area contributed by atoms with E-state index in [1.807, 2.05) is 30.3 Å². The van der Waals surface area contributed by atoms with Crippen molar-refractivity contribution in [1.82, 2.24) is 0 Å². The number of sulfonamides is 1. The van der Waals surface area contributed by atoms with Crippen LogP contribution in [0.5, 0.6) is 11.5 Å². The molecule has 36 heavy (non-hydrogen) atoms. The highest BCUT2D eigenvalue weighted by Gasteiger charge is 2.14. The van der Waals surface area contributed by atoms with Crippen molar-refractivity contribution in [2.24, 2.45) is 0 Å². The summed E-state index contributed by atoms with van der Waals surface area (Å²) in [5, 5.41) is 2.73. The zero-order chi connectivity index (χ0) is 25.4. The summed E-state index contributed by atoms with van der Waals surface area (Å²) in [7, 11) is -3.86. The zero-order valence-corrected chi connectivity index (χ0v) is 19.9. The molecule has 0 aliphatic rings. The Balaban J connectivity index is 1.25. The van der Waals surface area contributed by atoms with Gasteiger partial charge < -0.3 is 14.8 Å². The van der Waals surface area contributed by atoms with E-state index >= 15 is 0 Å². The molecular formula is C27H23FN2O5S. The molecule has 0 aromatic heterocycles. The number of ether oxygens (including phenoxy) is 2. The minimum atomic E-state index is -3.86. The van der Waals surface area contributed by atoms with Crippen molar-refractivity contribution in [2.75, 3.05) is 16.6 Å². The monoisotopic (exact) mass is 506 g/mol. The second-order valence-electron chi connectivity index (χ2n) is 7.72. The largest absolute Gasteiger partial charge is 0.489 e. The van der Waals surface area contributed by atoms with Gasteiger partial charge in [-0.05, 0) is 78.4 Å². The average molecular weight is 507 g/mol. The maximum atomic E-state index is 13.0. The molecule has 0 aliphatic carbocycles. The van der Waals surface area contributed by atoms with Gasteiger partial charge in [0, 0.05) is 11.4 Å². The molecule has 0 aliphatic heterocycles. The second kappa shape index (κ2) is 11.4. The van der Waals surface area contributed by atoms with Gasteiger partial charge in [0.05, 0.1) is 4.90 Å². The number of amides is 1. The van der Waals surface area contributed by atoms with Crippen LogP contribution in [0.1, 0.15) is 5.56 Å². The smallest absolute Gasteiger partial charge is 0.262 e. The number of hydrogen-bond acceptors (Lipinski definition) is 5. The number of rotatable bonds is 10. The third kappa shape index (κ3) is 7.07. The quantitative estimate of drug-likeness (QED) is 0.308. The summed E-state index contributed by atoms with van der Waals surface area (Å²) in [6, 6.07) is 27.4. The van der Waals surface area contributed by atoms with Crippen LogP contribution in [0.2, 0.25) is 0 Å².